The van der Waals surface area contributed by atoms with Crippen molar-refractivity contribution in [1.82, 2.24) is 24.5 Å². The molecule has 3 heterocycles. The first-order valence-corrected chi connectivity index (χ1v) is 8.22. The minimum Gasteiger partial charge on any atom is -0.287 e. The van der Waals surface area contributed by atoms with Crippen LogP contribution in [0.3, 0.4) is 0 Å². The molecule has 0 saturated heterocycles. The average molecular weight is 313 g/mol. The molecule has 0 bridgehead atoms. The summed E-state index contributed by atoms with van der Waals surface area (Å²) in [5.41, 5.74) is 1.73. The van der Waals surface area contributed by atoms with Gasteiger partial charge in [0, 0.05) is 17.3 Å². The Labute approximate surface area is 130 Å². The smallest absolute Gasteiger partial charge is 0.282 e. The van der Waals surface area contributed by atoms with Crippen molar-refractivity contribution in [3.8, 4) is 0 Å². The Hall–Kier alpha value is -2.15. The number of thiazole rings is 1. The topological polar surface area (TPSA) is 73.6 Å². The molecule has 0 spiro atoms. The highest BCUT2D eigenvalue weighted by atomic mass is 32.1. The maximum atomic E-state index is 12.6. The summed E-state index contributed by atoms with van der Waals surface area (Å²) in [7, 11) is 0. The van der Waals surface area contributed by atoms with Crippen molar-refractivity contribution in [3.05, 3.63) is 44.7 Å². The molecule has 0 aliphatic heterocycles. The van der Waals surface area contributed by atoms with E-state index < -0.39 is 0 Å². The summed E-state index contributed by atoms with van der Waals surface area (Å²) in [5.74, 6) is 0. The number of hydrogen-bond donors (Lipinski definition) is 0. The fourth-order valence-electron chi connectivity index (χ4n) is 2.81. The maximum absolute atomic E-state index is 12.6. The van der Waals surface area contributed by atoms with Crippen molar-refractivity contribution in [2.24, 2.45) is 0 Å². The zero-order valence-corrected chi connectivity index (χ0v) is 13.0. The monoisotopic (exact) mass is 313 g/mol. The predicted octanol–water partition coefficient (Wildman–Crippen LogP) is 2.13. The van der Waals surface area contributed by atoms with Crippen LogP contribution in [0.15, 0.2) is 23.5 Å². The Bertz CT molecular complexity index is 877. The summed E-state index contributed by atoms with van der Waals surface area (Å²) in [6.07, 6.45) is 9.20. The van der Waals surface area contributed by atoms with Crippen molar-refractivity contribution in [3.63, 3.8) is 0 Å². The maximum Gasteiger partial charge on any atom is 0.282 e. The molecule has 0 radical (unpaired) electrons. The zero-order valence-electron chi connectivity index (χ0n) is 12.2. The number of fused-ring (bicyclic) bond motifs is 2. The summed E-state index contributed by atoms with van der Waals surface area (Å²) in [5, 5.41) is 0.971. The highest BCUT2D eigenvalue weighted by Gasteiger charge is 2.21. The summed E-state index contributed by atoms with van der Waals surface area (Å²) >= 11 is 1.72. The zero-order chi connectivity index (χ0) is 15.1. The lowest BCUT2D eigenvalue weighted by Crippen LogP contribution is -2.25. The van der Waals surface area contributed by atoms with E-state index in [2.05, 4.69) is 15.0 Å². The van der Waals surface area contributed by atoms with Crippen LogP contribution in [0.5, 0.6) is 0 Å². The Morgan fingerprint density at radius 2 is 2.00 bits per heavy atom. The van der Waals surface area contributed by atoms with Gasteiger partial charge in [-0.25, -0.2) is 19.9 Å². The van der Waals surface area contributed by atoms with Gasteiger partial charge in [0.05, 0.1) is 11.7 Å². The molecule has 1 atom stereocenters. The Morgan fingerprint density at radius 1 is 1.18 bits per heavy atom. The van der Waals surface area contributed by atoms with E-state index in [0.29, 0.717) is 11.2 Å². The van der Waals surface area contributed by atoms with Gasteiger partial charge in [-0.3, -0.25) is 9.36 Å². The Kier molecular flexibility index (Phi) is 3.22. The Balaban J connectivity index is 1.79. The van der Waals surface area contributed by atoms with Crippen LogP contribution in [0.2, 0.25) is 0 Å². The van der Waals surface area contributed by atoms with E-state index in [1.165, 1.54) is 35.8 Å². The van der Waals surface area contributed by atoms with Crippen molar-refractivity contribution in [1.29, 1.82) is 0 Å². The molecule has 3 aromatic rings. The van der Waals surface area contributed by atoms with Gasteiger partial charge in [-0.1, -0.05) is 0 Å². The third kappa shape index (κ3) is 2.12. The fraction of sp³-hybridized carbons (Fsp3) is 0.400. The molecule has 6 nitrogen and oxygen atoms in total. The van der Waals surface area contributed by atoms with Crippen LogP contribution in [0.25, 0.3) is 11.2 Å². The van der Waals surface area contributed by atoms with E-state index in [9.17, 15) is 4.79 Å². The van der Waals surface area contributed by atoms with Gasteiger partial charge in [0.25, 0.3) is 5.56 Å². The standard InChI is InChI=1S/C15H15N5OS/c1-9(14-19-10-4-2-3-5-11(10)22-14)20-8-18-13-12(15(20)21)16-6-7-17-13/h6-9H,2-5H2,1H3. The third-order valence-corrected chi connectivity index (χ3v) is 5.38. The largest absolute Gasteiger partial charge is 0.287 e. The first kappa shape index (κ1) is 13.5. The SMILES string of the molecule is CC(c1nc2c(s1)CCCC2)n1cnc2nccnc2c1=O. The van der Waals surface area contributed by atoms with E-state index in [1.54, 1.807) is 22.2 Å². The second kappa shape index (κ2) is 5.24. The van der Waals surface area contributed by atoms with Gasteiger partial charge < -0.3 is 0 Å². The van der Waals surface area contributed by atoms with Crippen LogP contribution in [0.1, 0.15) is 41.4 Å². The highest BCUT2D eigenvalue weighted by Crippen LogP contribution is 2.30. The van der Waals surface area contributed by atoms with Crippen molar-refractivity contribution in [2.75, 3.05) is 0 Å². The molecule has 112 valence electrons. The predicted molar refractivity (Wildman–Crippen MR) is 84.2 cm³/mol. The van der Waals surface area contributed by atoms with Crippen LogP contribution in [0.4, 0.5) is 0 Å². The van der Waals surface area contributed by atoms with E-state index in [0.717, 1.165) is 17.8 Å². The van der Waals surface area contributed by atoms with Gasteiger partial charge in [-0.15, -0.1) is 11.3 Å². The lowest BCUT2D eigenvalue weighted by Gasteiger charge is -2.11. The first-order valence-electron chi connectivity index (χ1n) is 7.40. The summed E-state index contributed by atoms with van der Waals surface area (Å²) in [6.45, 7) is 1.98. The van der Waals surface area contributed by atoms with Crippen molar-refractivity contribution in [2.45, 2.75) is 38.6 Å². The molecular weight excluding hydrogens is 298 g/mol. The molecule has 7 heteroatoms. The van der Waals surface area contributed by atoms with Gasteiger partial charge >= 0.3 is 0 Å². The molecule has 0 N–H and O–H groups in total. The molecule has 3 aromatic heterocycles. The minimum atomic E-state index is -0.168. The third-order valence-electron chi connectivity index (χ3n) is 4.06. The molecule has 0 amide bonds. The van der Waals surface area contributed by atoms with Crippen LogP contribution in [-0.2, 0) is 12.8 Å². The molecule has 4 rings (SSSR count). The first-order chi connectivity index (χ1) is 10.7. The molecule has 1 aliphatic carbocycles. The average Bonchev–Trinajstić information content (AvgIpc) is 2.99. The van der Waals surface area contributed by atoms with Crippen LogP contribution in [0, 0.1) is 0 Å². The van der Waals surface area contributed by atoms with E-state index in [1.807, 2.05) is 6.92 Å². The summed E-state index contributed by atoms with van der Waals surface area (Å²) < 4.78 is 1.60. The summed E-state index contributed by atoms with van der Waals surface area (Å²) in [6, 6.07) is -0.137. The van der Waals surface area contributed by atoms with Gasteiger partial charge in [0.15, 0.2) is 11.2 Å². The number of aromatic nitrogens is 5. The number of rotatable bonds is 2. The molecule has 0 aromatic carbocycles. The van der Waals surface area contributed by atoms with E-state index >= 15 is 0 Å². The second-order valence-corrected chi connectivity index (χ2v) is 6.61. The Morgan fingerprint density at radius 3 is 2.86 bits per heavy atom. The van der Waals surface area contributed by atoms with Gasteiger partial charge in [0.2, 0.25) is 0 Å². The number of hydrogen-bond acceptors (Lipinski definition) is 6. The molecular formula is C15H15N5OS. The molecule has 1 unspecified atom stereocenters. The van der Waals surface area contributed by atoms with E-state index in [4.69, 9.17) is 4.98 Å². The molecule has 0 saturated carbocycles. The van der Waals surface area contributed by atoms with Gasteiger partial charge in [0.1, 0.15) is 11.3 Å². The van der Waals surface area contributed by atoms with Crippen LogP contribution in [-0.4, -0.2) is 24.5 Å². The van der Waals surface area contributed by atoms with Gasteiger partial charge in [-0.05, 0) is 32.6 Å². The summed E-state index contributed by atoms with van der Waals surface area (Å²) in [4.78, 5) is 31.1. The van der Waals surface area contributed by atoms with Crippen LogP contribution < -0.4 is 5.56 Å². The second-order valence-electron chi connectivity index (χ2n) is 5.49. The van der Waals surface area contributed by atoms with Crippen molar-refractivity contribution >= 4 is 22.5 Å². The number of aryl methyl sites for hydroxylation is 2. The fourth-order valence-corrected chi connectivity index (χ4v) is 4.02. The lowest BCUT2D eigenvalue weighted by atomic mass is 10.0. The molecule has 0 fully saturated rings. The molecule has 22 heavy (non-hydrogen) atoms. The minimum absolute atomic E-state index is 0.137. The quantitative estimate of drug-likeness (QED) is 0.724. The van der Waals surface area contributed by atoms with Crippen LogP contribution >= 0.6 is 11.3 Å². The van der Waals surface area contributed by atoms with E-state index in [-0.39, 0.29) is 11.6 Å². The molecule has 1 aliphatic rings. The van der Waals surface area contributed by atoms with Crippen molar-refractivity contribution < 1.29 is 0 Å². The highest BCUT2D eigenvalue weighted by molar-refractivity contribution is 7.11. The lowest BCUT2D eigenvalue weighted by molar-refractivity contribution is 0.598. The number of nitrogens with zero attached hydrogens (tertiary/aromatic N) is 5. The van der Waals surface area contributed by atoms with Gasteiger partial charge in [-0.2, -0.15) is 0 Å². The normalized spacial score (nSPS) is 15.7.